The van der Waals surface area contributed by atoms with Crippen molar-refractivity contribution < 1.29 is 24.9 Å². The lowest BCUT2D eigenvalue weighted by atomic mass is 10.1. The summed E-state index contributed by atoms with van der Waals surface area (Å²) in [5.74, 6) is -0.512. The minimum Gasteiger partial charge on any atom is -0.394 e. The number of hydrogen-bond acceptors (Lipinski definition) is 5. The highest BCUT2D eigenvalue weighted by molar-refractivity contribution is 5.81. The highest BCUT2D eigenvalue weighted by atomic mass is 16.6. The Morgan fingerprint density at radius 3 is 2.46 bits per heavy atom. The smallest absolute Gasteiger partial charge is 0.251 e. The summed E-state index contributed by atoms with van der Waals surface area (Å²) >= 11 is 0. The lowest BCUT2D eigenvalue weighted by Crippen LogP contribution is -2.41. The highest BCUT2D eigenvalue weighted by Crippen LogP contribution is 2.20. The van der Waals surface area contributed by atoms with Gasteiger partial charge in [-0.3, -0.25) is 4.79 Å². The molecule has 4 atom stereocenters. The van der Waals surface area contributed by atoms with Crippen molar-refractivity contribution in [3.63, 3.8) is 0 Å². The lowest BCUT2D eigenvalue weighted by Gasteiger charge is -2.11. The predicted octanol–water partition coefficient (Wildman–Crippen LogP) is -2.79. The van der Waals surface area contributed by atoms with E-state index in [1.807, 2.05) is 0 Å². The van der Waals surface area contributed by atoms with Gasteiger partial charge >= 0.3 is 0 Å². The van der Waals surface area contributed by atoms with Gasteiger partial charge in [-0.15, -0.1) is 0 Å². The Hall–Kier alpha value is -0.690. The monoisotopic (exact) mass is 191 g/mol. The van der Waals surface area contributed by atoms with Crippen LogP contribution in [0.4, 0.5) is 0 Å². The van der Waals surface area contributed by atoms with Gasteiger partial charge in [-0.05, 0) is 0 Å². The molecule has 0 saturated carbocycles. The van der Waals surface area contributed by atoms with E-state index in [1.54, 1.807) is 0 Å². The van der Waals surface area contributed by atoms with Gasteiger partial charge in [-0.25, -0.2) is 0 Å². The fourth-order valence-corrected chi connectivity index (χ4v) is 1.26. The van der Waals surface area contributed by atoms with Gasteiger partial charge in [0.15, 0.2) is 6.10 Å². The van der Waals surface area contributed by atoms with Crippen LogP contribution in [0.1, 0.15) is 0 Å². The molecule has 0 bridgehead atoms. The molecular formula is C7H13NO5. The van der Waals surface area contributed by atoms with Crippen molar-refractivity contribution in [3.05, 3.63) is 0 Å². The minimum atomic E-state index is -1.28. The van der Waals surface area contributed by atoms with Crippen LogP contribution in [0.2, 0.25) is 0 Å². The summed E-state index contributed by atoms with van der Waals surface area (Å²) < 4.78 is 4.93. The Bertz CT molecular complexity index is 197. The van der Waals surface area contributed by atoms with E-state index in [-0.39, 0.29) is 0 Å². The lowest BCUT2D eigenvalue weighted by molar-refractivity contribution is -0.135. The fraction of sp³-hybridized carbons (Fsp3) is 0.857. The Morgan fingerprint density at radius 1 is 1.46 bits per heavy atom. The first kappa shape index (κ1) is 10.4. The van der Waals surface area contributed by atoms with Gasteiger partial charge in [0.05, 0.1) is 6.61 Å². The number of aliphatic hydroxyl groups is 3. The zero-order valence-corrected chi connectivity index (χ0v) is 7.17. The Kier molecular flexibility index (Phi) is 3.21. The van der Waals surface area contributed by atoms with E-state index in [2.05, 4.69) is 5.32 Å². The normalized spacial score (nSPS) is 39.1. The maximum atomic E-state index is 11.0. The highest BCUT2D eigenvalue weighted by Gasteiger charge is 2.45. The van der Waals surface area contributed by atoms with Crippen molar-refractivity contribution in [3.8, 4) is 0 Å². The molecule has 1 aliphatic heterocycles. The molecule has 1 amide bonds. The van der Waals surface area contributed by atoms with Crippen molar-refractivity contribution in [2.24, 2.45) is 0 Å². The molecule has 0 unspecified atom stereocenters. The summed E-state index contributed by atoms with van der Waals surface area (Å²) in [6, 6.07) is 0. The van der Waals surface area contributed by atoms with Gasteiger partial charge in [0, 0.05) is 7.05 Å². The third kappa shape index (κ3) is 1.80. The molecule has 1 rings (SSSR count). The molecule has 1 fully saturated rings. The van der Waals surface area contributed by atoms with Crippen LogP contribution in [0.3, 0.4) is 0 Å². The zero-order chi connectivity index (χ0) is 10.0. The van der Waals surface area contributed by atoms with Gasteiger partial charge < -0.3 is 25.4 Å². The van der Waals surface area contributed by atoms with Crippen LogP contribution in [0.5, 0.6) is 0 Å². The number of ether oxygens (including phenoxy) is 1. The second kappa shape index (κ2) is 4.01. The van der Waals surface area contributed by atoms with Crippen molar-refractivity contribution in [1.82, 2.24) is 5.32 Å². The molecule has 6 nitrogen and oxygen atoms in total. The topological polar surface area (TPSA) is 99.0 Å². The minimum absolute atomic E-state index is 0.425. The molecular weight excluding hydrogens is 178 g/mol. The van der Waals surface area contributed by atoms with Crippen LogP contribution in [0.25, 0.3) is 0 Å². The van der Waals surface area contributed by atoms with Crippen LogP contribution in [-0.2, 0) is 9.53 Å². The van der Waals surface area contributed by atoms with E-state index < -0.39 is 36.9 Å². The number of hydrogen-bond donors (Lipinski definition) is 4. The van der Waals surface area contributed by atoms with Gasteiger partial charge in [0.1, 0.15) is 18.3 Å². The summed E-state index contributed by atoms with van der Waals surface area (Å²) in [5, 5.41) is 29.6. The number of carbonyl (C=O) groups excluding carboxylic acids is 1. The van der Waals surface area contributed by atoms with Gasteiger partial charge in [0.2, 0.25) is 0 Å². The van der Waals surface area contributed by atoms with E-state index >= 15 is 0 Å². The number of aliphatic hydroxyl groups excluding tert-OH is 3. The maximum absolute atomic E-state index is 11.0. The van der Waals surface area contributed by atoms with E-state index in [1.165, 1.54) is 7.05 Å². The number of nitrogens with one attached hydrogen (secondary N) is 1. The zero-order valence-electron chi connectivity index (χ0n) is 7.17. The molecule has 0 radical (unpaired) electrons. The molecule has 4 N–H and O–H groups in total. The fourth-order valence-electron chi connectivity index (χ4n) is 1.26. The largest absolute Gasteiger partial charge is 0.394 e. The molecule has 13 heavy (non-hydrogen) atoms. The Morgan fingerprint density at radius 2 is 2.08 bits per heavy atom. The van der Waals surface area contributed by atoms with Crippen LogP contribution < -0.4 is 5.32 Å². The maximum Gasteiger partial charge on any atom is 0.251 e. The molecule has 0 aromatic heterocycles. The Balaban J connectivity index is 2.65. The summed E-state index contributed by atoms with van der Waals surface area (Å²) in [5.41, 5.74) is 0. The Labute approximate surface area is 75.1 Å². The van der Waals surface area contributed by atoms with Crippen LogP contribution in [0, 0.1) is 0 Å². The third-order valence-corrected chi connectivity index (χ3v) is 2.05. The number of amides is 1. The van der Waals surface area contributed by atoms with Crippen molar-refractivity contribution in [2.75, 3.05) is 13.7 Å². The average Bonchev–Trinajstić information content (AvgIpc) is 2.43. The van der Waals surface area contributed by atoms with Crippen LogP contribution in [-0.4, -0.2) is 59.3 Å². The molecule has 1 aliphatic rings. The molecule has 1 saturated heterocycles. The second-order valence-corrected chi connectivity index (χ2v) is 2.87. The molecule has 6 heteroatoms. The summed E-state index contributed by atoms with van der Waals surface area (Å²) in [4.78, 5) is 11.0. The predicted molar refractivity (Wildman–Crippen MR) is 41.8 cm³/mol. The number of carbonyl (C=O) groups is 1. The van der Waals surface area contributed by atoms with E-state index in [4.69, 9.17) is 9.84 Å². The molecule has 0 spiro atoms. The molecule has 76 valence electrons. The molecule has 0 aromatic carbocycles. The quantitative estimate of drug-likeness (QED) is 0.378. The van der Waals surface area contributed by atoms with Crippen LogP contribution in [0.15, 0.2) is 0 Å². The van der Waals surface area contributed by atoms with Gasteiger partial charge in [-0.1, -0.05) is 0 Å². The molecule has 0 aromatic rings. The van der Waals surface area contributed by atoms with E-state index in [0.29, 0.717) is 0 Å². The number of likely N-dealkylation sites (N-methyl/N-ethyl adjacent to an activating group) is 1. The van der Waals surface area contributed by atoms with Crippen molar-refractivity contribution in [2.45, 2.75) is 24.4 Å². The van der Waals surface area contributed by atoms with Gasteiger partial charge in [-0.2, -0.15) is 0 Å². The first-order valence-electron chi connectivity index (χ1n) is 3.96. The molecule has 0 aliphatic carbocycles. The summed E-state index contributed by atoms with van der Waals surface area (Å²) in [7, 11) is 1.40. The third-order valence-electron chi connectivity index (χ3n) is 2.05. The number of rotatable bonds is 2. The van der Waals surface area contributed by atoms with Crippen molar-refractivity contribution in [1.29, 1.82) is 0 Å². The standard InChI is InChI=1S/C7H13NO5/c1-8-7(12)6-5(11)4(10)3(2-9)13-6/h3-6,9-11H,2H2,1H3,(H,8,12)/t3-,4-,5-,6-/m1/s1. The average molecular weight is 191 g/mol. The molecule has 1 heterocycles. The van der Waals surface area contributed by atoms with Crippen molar-refractivity contribution >= 4 is 5.91 Å². The second-order valence-electron chi connectivity index (χ2n) is 2.87. The first-order chi connectivity index (χ1) is 6.11. The van der Waals surface area contributed by atoms with Crippen LogP contribution >= 0.6 is 0 Å². The SMILES string of the molecule is CNC(=O)[C@@H]1O[C@H](CO)[C@@H](O)[C@H]1O. The summed E-state index contributed by atoms with van der Waals surface area (Å²) in [6.07, 6.45) is -4.49. The summed E-state index contributed by atoms with van der Waals surface area (Å²) in [6.45, 7) is -0.425. The van der Waals surface area contributed by atoms with E-state index in [9.17, 15) is 15.0 Å². The van der Waals surface area contributed by atoms with E-state index in [0.717, 1.165) is 0 Å². The van der Waals surface area contributed by atoms with Gasteiger partial charge in [0.25, 0.3) is 5.91 Å². The first-order valence-corrected chi connectivity index (χ1v) is 3.96.